The average Bonchev–Trinajstić information content (AvgIpc) is 3.26. The van der Waals surface area contributed by atoms with Gasteiger partial charge in [0, 0.05) is 11.7 Å². The van der Waals surface area contributed by atoms with Crippen LogP contribution in [-0.2, 0) is 6.54 Å². The number of nitrogens with one attached hydrogen (secondary N) is 2. The fraction of sp³-hybridized carbons (Fsp3) is 0.615. The van der Waals surface area contributed by atoms with E-state index in [0.29, 0.717) is 18.3 Å². The van der Waals surface area contributed by atoms with E-state index in [1.54, 1.807) is 7.11 Å². The Labute approximate surface area is 203 Å². The van der Waals surface area contributed by atoms with E-state index in [0.717, 1.165) is 28.6 Å². The lowest BCUT2D eigenvalue weighted by Gasteiger charge is -2.20. The average molecular weight is 463 g/mol. The normalized spacial score (nSPS) is 15.8. The van der Waals surface area contributed by atoms with Crippen LogP contribution in [0.15, 0.2) is 40.5 Å². The summed E-state index contributed by atoms with van der Waals surface area (Å²) in [6.45, 7) is 21.1. The molecule has 7 nitrogen and oxygen atoms in total. The number of aliphatic imine (C=N–C) groups is 2. The number of hydrogen-bond acceptors (Lipinski definition) is 4. The Morgan fingerprint density at radius 1 is 1.27 bits per heavy atom. The first-order valence-corrected chi connectivity index (χ1v) is 11.7. The van der Waals surface area contributed by atoms with Crippen LogP contribution in [0.4, 0.5) is 0 Å². The first-order chi connectivity index (χ1) is 15.3. The second-order valence-electron chi connectivity index (χ2n) is 7.51. The fourth-order valence-corrected chi connectivity index (χ4v) is 3.51. The minimum atomic E-state index is 0. The Morgan fingerprint density at radius 3 is 2.39 bits per heavy atom. The number of likely N-dealkylation sites (tertiary alicyclic amines) is 1. The van der Waals surface area contributed by atoms with Gasteiger partial charge in [0.25, 0.3) is 0 Å². The van der Waals surface area contributed by atoms with Crippen LogP contribution in [0.5, 0.6) is 5.75 Å². The molecule has 1 aliphatic heterocycles. The van der Waals surface area contributed by atoms with E-state index in [2.05, 4.69) is 46.1 Å². The van der Waals surface area contributed by atoms with Crippen LogP contribution >= 0.6 is 0 Å². The van der Waals surface area contributed by atoms with Crippen molar-refractivity contribution in [1.82, 2.24) is 15.6 Å². The highest BCUT2D eigenvalue weighted by Crippen LogP contribution is 2.19. The second-order valence-corrected chi connectivity index (χ2v) is 7.51. The molecule has 1 unspecified atom stereocenters. The molecule has 0 amide bonds. The SMILES string of the molecule is C.C=C(C)NC(=NC(C)=NCc1ccc(OC)c(C)c1)NN.CC.CCC1CCCN1CC. The predicted molar refractivity (Wildman–Crippen MR) is 146 cm³/mol. The Hall–Kier alpha value is -2.38. The van der Waals surface area contributed by atoms with Gasteiger partial charge in [0.05, 0.1) is 13.7 Å². The van der Waals surface area contributed by atoms with Crippen molar-refractivity contribution in [3.05, 3.63) is 41.6 Å². The monoisotopic (exact) mass is 462 g/mol. The highest BCUT2D eigenvalue weighted by molar-refractivity contribution is 5.95. The van der Waals surface area contributed by atoms with Crippen molar-refractivity contribution in [3.8, 4) is 5.75 Å². The molecule has 1 aliphatic rings. The molecule has 33 heavy (non-hydrogen) atoms. The van der Waals surface area contributed by atoms with Crippen molar-refractivity contribution < 1.29 is 4.74 Å². The zero-order valence-electron chi connectivity index (χ0n) is 21.6. The highest BCUT2D eigenvalue weighted by Gasteiger charge is 2.20. The first-order valence-electron chi connectivity index (χ1n) is 11.7. The van der Waals surface area contributed by atoms with E-state index < -0.39 is 0 Å². The number of guanidine groups is 1. The van der Waals surface area contributed by atoms with E-state index >= 15 is 0 Å². The zero-order valence-corrected chi connectivity index (χ0v) is 21.6. The molecule has 0 spiro atoms. The summed E-state index contributed by atoms with van der Waals surface area (Å²) in [5, 5.41) is 2.90. The van der Waals surface area contributed by atoms with Crippen LogP contribution in [0.2, 0.25) is 0 Å². The predicted octanol–water partition coefficient (Wildman–Crippen LogP) is 5.41. The van der Waals surface area contributed by atoms with Crippen LogP contribution in [0, 0.1) is 6.92 Å². The number of ether oxygens (including phenoxy) is 1. The fourth-order valence-electron chi connectivity index (χ4n) is 3.51. The third-order valence-corrected chi connectivity index (χ3v) is 5.07. The lowest BCUT2D eigenvalue weighted by Crippen LogP contribution is -2.40. The van der Waals surface area contributed by atoms with Crippen molar-refractivity contribution in [2.45, 2.75) is 87.7 Å². The summed E-state index contributed by atoms with van der Waals surface area (Å²) in [4.78, 5) is 11.2. The van der Waals surface area contributed by atoms with Gasteiger partial charge in [-0.1, -0.05) is 53.8 Å². The summed E-state index contributed by atoms with van der Waals surface area (Å²) in [7, 11) is 1.66. The van der Waals surface area contributed by atoms with Gasteiger partial charge in [-0.2, -0.15) is 4.99 Å². The number of rotatable bonds is 6. The van der Waals surface area contributed by atoms with Crippen molar-refractivity contribution >= 4 is 11.8 Å². The molecule has 0 saturated carbocycles. The van der Waals surface area contributed by atoms with E-state index in [1.807, 2.05) is 52.8 Å². The number of nitrogens with zero attached hydrogens (tertiary/aromatic N) is 3. The largest absolute Gasteiger partial charge is 0.496 e. The Balaban J connectivity index is 0. The third kappa shape index (κ3) is 13.0. The molecule has 1 atom stereocenters. The summed E-state index contributed by atoms with van der Waals surface area (Å²) >= 11 is 0. The van der Waals surface area contributed by atoms with Crippen molar-refractivity contribution in [2.75, 3.05) is 20.2 Å². The maximum absolute atomic E-state index is 5.38. The molecule has 7 heteroatoms. The Bertz CT molecular complexity index is 719. The quantitative estimate of drug-likeness (QED) is 0.228. The smallest absolute Gasteiger partial charge is 0.216 e. The van der Waals surface area contributed by atoms with Gasteiger partial charge >= 0.3 is 0 Å². The van der Waals surface area contributed by atoms with Gasteiger partial charge < -0.3 is 15.0 Å². The van der Waals surface area contributed by atoms with Gasteiger partial charge in [0.2, 0.25) is 5.96 Å². The third-order valence-electron chi connectivity index (χ3n) is 5.07. The number of hydrogen-bond donors (Lipinski definition) is 3. The van der Waals surface area contributed by atoms with Crippen molar-refractivity contribution in [2.24, 2.45) is 15.8 Å². The minimum absolute atomic E-state index is 0. The molecule has 0 aromatic heterocycles. The molecule has 1 fully saturated rings. The number of methoxy groups -OCH3 is 1. The lowest BCUT2D eigenvalue weighted by molar-refractivity contribution is 0.262. The van der Waals surface area contributed by atoms with Gasteiger partial charge in [0.15, 0.2) is 0 Å². The van der Waals surface area contributed by atoms with Gasteiger partial charge in [-0.15, -0.1) is 0 Å². The number of nitrogens with two attached hydrogens (primary N) is 1. The van der Waals surface area contributed by atoms with Gasteiger partial charge in [-0.3, -0.25) is 10.4 Å². The molecule has 1 heterocycles. The van der Waals surface area contributed by atoms with Crippen LogP contribution in [0.1, 0.15) is 79.4 Å². The molecule has 190 valence electrons. The van der Waals surface area contributed by atoms with Crippen LogP contribution in [0.3, 0.4) is 0 Å². The summed E-state index contributed by atoms with van der Waals surface area (Å²) in [6, 6.07) is 6.89. The molecule has 4 N–H and O–H groups in total. The summed E-state index contributed by atoms with van der Waals surface area (Å²) in [5.41, 5.74) is 5.39. The van der Waals surface area contributed by atoms with Crippen LogP contribution < -0.4 is 21.3 Å². The maximum Gasteiger partial charge on any atom is 0.216 e. The summed E-state index contributed by atoms with van der Waals surface area (Å²) in [6.07, 6.45) is 4.20. The number of hydrazine groups is 1. The maximum atomic E-state index is 5.38. The summed E-state index contributed by atoms with van der Waals surface area (Å²) in [5.74, 6) is 7.28. The number of benzene rings is 1. The standard InChI is InChI=1S/C15H23N5O.C8H17N.C2H6.CH4/c1-10(2)18-15(20-16)19-12(4)17-9-13-6-7-14(21-5)11(3)8-13;1-3-8-6-5-7-9(8)4-2;1-2;/h6-8H,1,9,16H2,2-5H3,(H2,17,18,19,20);8H,3-7H2,1-2H3;1-2H3;1H4. The molecule has 1 saturated heterocycles. The van der Waals surface area contributed by atoms with Crippen LogP contribution in [0.25, 0.3) is 0 Å². The van der Waals surface area contributed by atoms with E-state index in [-0.39, 0.29) is 7.43 Å². The first kappa shape index (κ1) is 32.8. The highest BCUT2D eigenvalue weighted by atomic mass is 16.5. The molecule has 2 rings (SSSR count). The molecule has 0 aliphatic carbocycles. The second kappa shape index (κ2) is 19.1. The van der Waals surface area contributed by atoms with Crippen LogP contribution in [-0.4, -0.2) is 42.9 Å². The molecule has 1 aromatic carbocycles. The van der Waals surface area contributed by atoms with Crippen molar-refractivity contribution in [1.29, 1.82) is 0 Å². The van der Waals surface area contributed by atoms with E-state index in [4.69, 9.17) is 10.6 Å². The molecule has 1 aromatic rings. The number of aryl methyl sites for hydroxylation is 1. The van der Waals surface area contributed by atoms with Gasteiger partial charge in [-0.05, 0) is 70.3 Å². The summed E-state index contributed by atoms with van der Waals surface area (Å²) < 4.78 is 5.23. The van der Waals surface area contributed by atoms with Gasteiger partial charge in [0.1, 0.15) is 11.6 Å². The van der Waals surface area contributed by atoms with Crippen molar-refractivity contribution in [3.63, 3.8) is 0 Å². The Kier molecular flexibility index (Phi) is 19.0. The minimum Gasteiger partial charge on any atom is -0.496 e. The number of amidine groups is 1. The number of allylic oxidation sites excluding steroid dienone is 1. The lowest BCUT2D eigenvalue weighted by atomic mass is 10.1. The molecular formula is C26H50N6O. The Morgan fingerprint density at radius 2 is 1.94 bits per heavy atom. The topological polar surface area (TPSA) is 87.3 Å². The zero-order chi connectivity index (χ0) is 24.5. The molecule has 0 radical (unpaired) electrons. The van der Waals surface area contributed by atoms with E-state index in [9.17, 15) is 0 Å². The molecular weight excluding hydrogens is 412 g/mol. The van der Waals surface area contributed by atoms with Gasteiger partial charge in [-0.25, -0.2) is 5.84 Å². The van der Waals surface area contributed by atoms with E-state index in [1.165, 1.54) is 32.4 Å². The molecule has 0 bridgehead atoms.